The molecule has 1 N–H and O–H groups in total. The van der Waals surface area contributed by atoms with Gasteiger partial charge in [0.05, 0.1) is 6.54 Å². The molecule has 1 saturated carbocycles. The van der Waals surface area contributed by atoms with E-state index in [0.717, 1.165) is 6.42 Å². The van der Waals surface area contributed by atoms with Gasteiger partial charge in [-0.3, -0.25) is 9.59 Å². The molecule has 2 aromatic heterocycles. The van der Waals surface area contributed by atoms with Crippen LogP contribution in [0.4, 0.5) is 0 Å². The predicted molar refractivity (Wildman–Crippen MR) is 87.6 cm³/mol. The summed E-state index contributed by atoms with van der Waals surface area (Å²) >= 11 is 0. The first-order valence-corrected chi connectivity index (χ1v) is 8.42. The van der Waals surface area contributed by atoms with Gasteiger partial charge < -0.3 is 5.32 Å². The molecule has 0 atom stereocenters. The maximum atomic E-state index is 11.9. The van der Waals surface area contributed by atoms with E-state index in [4.69, 9.17) is 0 Å². The molecule has 2 aromatic rings. The molecule has 0 aliphatic heterocycles. The summed E-state index contributed by atoms with van der Waals surface area (Å²) in [5, 5.41) is 11.1. The van der Waals surface area contributed by atoms with Crippen LogP contribution in [0.1, 0.15) is 38.5 Å². The highest BCUT2D eigenvalue weighted by atomic mass is 16.1. The second-order valence-electron chi connectivity index (χ2n) is 6.13. The normalized spacial score (nSPS) is 14.8. The van der Waals surface area contributed by atoms with Crippen molar-refractivity contribution in [2.75, 3.05) is 6.54 Å². The summed E-state index contributed by atoms with van der Waals surface area (Å²) in [5.74, 6) is 1.27. The molecule has 1 amide bonds. The lowest BCUT2D eigenvalue weighted by atomic mass is 10.0. The van der Waals surface area contributed by atoms with Crippen LogP contribution in [0.5, 0.6) is 0 Å². The first-order valence-electron chi connectivity index (χ1n) is 8.42. The molecule has 24 heavy (non-hydrogen) atoms. The molecule has 0 aromatic carbocycles. The SMILES string of the molecule is O=C(CCC1CCCC1)NCCn1nc(-n2cncn2)ccc1=O. The average molecular weight is 330 g/mol. The van der Waals surface area contributed by atoms with E-state index in [0.29, 0.717) is 31.2 Å². The van der Waals surface area contributed by atoms with Crippen molar-refractivity contribution in [3.63, 3.8) is 0 Å². The summed E-state index contributed by atoms with van der Waals surface area (Å²) < 4.78 is 2.81. The molecule has 8 heteroatoms. The van der Waals surface area contributed by atoms with Gasteiger partial charge in [-0.05, 0) is 18.4 Å². The molecule has 0 spiro atoms. The summed E-state index contributed by atoms with van der Waals surface area (Å²) in [7, 11) is 0. The summed E-state index contributed by atoms with van der Waals surface area (Å²) in [6.07, 6.45) is 9.54. The van der Waals surface area contributed by atoms with Crippen LogP contribution in [0, 0.1) is 5.92 Å². The Morgan fingerprint density at radius 3 is 2.88 bits per heavy atom. The van der Waals surface area contributed by atoms with Crippen LogP contribution >= 0.6 is 0 Å². The van der Waals surface area contributed by atoms with Crippen LogP contribution in [0.2, 0.25) is 0 Å². The first kappa shape index (κ1) is 16.4. The summed E-state index contributed by atoms with van der Waals surface area (Å²) in [4.78, 5) is 27.6. The number of hydrogen-bond acceptors (Lipinski definition) is 5. The Labute approximate surface area is 139 Å². The minimum Gasteiger partial charge on any atom is -0.354 e. The monoisotopic (exact) mass is 330 g/mol. The van der Waals surface area contributed by atoms with Gasteiger partial charge in [0.1, 0.15) is 12.7 Å². The van der Waals surface area contributed by atoms with Crippen LogP contribution in [0.15, 0.2) is 29.6 Å². The number of aromatic nitrogens is 5. The molecular weight excluding hydrogens is 308 g/mol. The fraction of sp³-hybridized carbons (Fsp3) is 0.562. The Kier molecular flexibility index (Phi) is 5.35. The number of carbonyl (C=O) groups excluding carboxylic acids is 1. The molecule has 2 heterocycles. The zero-order chi connectivity index (χ0) is 16.8. The van der Waals surface area contributed by atoms with Gasteiger partial charge in [-0.25, -0.2) is 14.3 Å². The number of nitrogens with zero attached hydrogens (tertiary/aromatic N) is 5. The fourth-order valence-corrected chi connectivity index (χ4v) is 3.07. The second-order valence-corrected chi connectivity index (χ2v) is 6.13. The molecule has 0 saturated heterocycles. The molecule has 128 valence electrons. The van der Waals surface area contributed by atoms with Crippen molar-refractivity contribution in [3.8, 4) is 5.82 Å². The van der Waals surface area contributed by atoms with Gasteiger partial charge in [0.2, 0.25) is 5.91 Å². The zero-order valence-corrected chi connectivity index (χ0v) is 13.6. The van der Waals surface area contributed by atoms with Crippen LogP contribution in [0.3, 0.4) is 0 Å². The van der Waals surface area contributed by atoms with Gasteiger partial charge in [0.25, 0.3) is 5.56 Å². The largest absolute Gasteiger partial charge is 0.354 e. The van der Waals surface area contributed by atoms with Crippen molar-refractivity contribution < 1.29 is 4.79 Å². The van der Waals surface area contributed by atoms with Gasteiger partial charge in [-0.1, -0.05) is 25.7 Å². The number of nitrogens with one attached hydrogen (secondary N) is 1. The van der Waals surface area contributed by atoms with Gasteiger partial charge >= 0.3 is 0 Å². The van der Waals surface area contributed by atoms with Crippen LogP contribution in [0.25, 0.3) is 5.82 Å². The van der Waals surface area contributed by atoms with Crippen molar-refractivity contribution in [2.24, 2.45) is 5.92 Å². The standard InChI is InChI=1S/C16H22N6O2/c23-15(7-5-13-3-1-2-4-13)18-9-10-21-16(24)8-6-14(20-21)22-12-17-11-19-22/h6,8,11-13H,1-5,7,9-10H2,(H,18,23). The lowest BCUT2D eigenvalue weighted by Gasteiger charge is -2.10. The molecule has 1 aliphatic carbocycles. The Bertz CT molecular complexity index is 718. The highest BCUT2D eigenvalue weighted by Gasteiger charge is 2.16. The minimum absolute atomic E-state index is 0.0439. The van der Waals surface area contributed by atoms with Crippen molar-refractivity contribution in [1.29, 1.82) is 0 Å². The van der Waals surface area contributed by atoms with E-state index in [1.165, 1.54) is 53.8 Å². The quantitative estimate of drug-likeness (QED) is 0.814. The Morgan fingerprint density at radius 2 is 2.12 bits per heavy atom. The van der Waals surface area contributed by atoms with Crippen molar-refractivity contribution in [1.82, 2.24) is 29.9 Å². The van der Waals surface area contributed by atoms with Gasteiger partial charge in [-0.15, -0.1) is 5.10 Å². The molecule has 1 fully saturated rings. The third-order valence-electron chi connectivity index (χ3n) is 4.41. The van der Waals surface area contributed by atoms with Crippen LogP contribution in [-0.2, 0) is 11.3 Å². The highest BCUT2D eigenvalue weighted by molar-refractivity contribution is 5.75. The maximum Gasteiger partial charge on any atom is 0.266 e. The lowest BCUT2D eigenvalue weighted by Crippen LogP contribution is -2.32. The summed E-state index contributed by atoms with van der Waals surface area (Å²) in [6.45, 7) is 0.716. The van der Waals surface area contributed by atoms with Crippen molar-refractivity contribution in [3.05, 3.63) is 35.1 Å². The van der Waals surface area contributed by atoms with Crippen molar-refractivity contribution >= 4 is 5.91 Å². The molecule has 3 rings (SSSR count). The maximum absolute atomic E-state index is 11.9. The Hall–Kier alpha value is -2.51. The number of amides is 1. The minimum atomic E-state index is -0.209. The number of rotatable bonds is 7. The molecule has 1 aliphatic rings. The Balaban J connectivity index is 1.48. The third kappa shape index (κ3) is 4.27. The molecular formula is C16H22N6O2. The van der Waals surface area contributed by atoms with E-state index in [1.807, 2.05) is 0 Å². The van der Waals surface area contributed by atoms with E-state index in [-0.39, 0.29) is 11.5 Å². The fourth-order valence-electron chi connectivity index (χ4n) is 3.07. The molecule has 0 bridgehead atoms. The molecule has 0 unspecified atom stereocenters. The number of carbonyl (C=O) groups is 1. The van der Waals surface area contributed by atoms with Crippen LogP contribution < -0.4 is 10.9 Å². The number of hydrogen-bond donors (Lipinski definition) is 1. The molecule has 8 nitrogen and oxygen atoms in total. The molecule has 0 radical (unpaired) electrons. The van der Waals surface area contributed by atoms with E-state index < -0.39 is 0 Å². The zero-order valence-electron chi connectivity index (χ0n) is 13.6. The van der Waals surface area contributed by atoms with Gasteiger partial charge in [-0.2, -0.15) is 5.10 Å². The topological polar surface area (TPSA) is 94.7 Å². The predicted octanol–water partition coefficient (Wildman–Crippen LogP) is 0.911. The highest BCUT2D eigenvalue weighted by Crippen LogP contribution is 2.28. The second kappa shape index (κ2) is 7.85. The van der Waals surface area contributed by atoms with Gasteiger partial charge in [0.15, 0.2) is 5.82 Å². The average Bonchev–Trinajstić information content (AvgIpc) is 3.28. The van der Waals surface area contributed by atoms with Crippen LogP contribution in [-0.4, -0.2) is 37.0 Å². The van der Waals surface area contributed by atoms with Gasteiger partial charge in [0, 0.05) is 19.0 Å². The van der Waals surface area contributed by atoms with E-state index >= 15 is 0 Å². The third-order valence-corrected chi connectivity index (χ3v) is 4.41. The van der Waals surface area contributed by atoms with E-state index in [2.05, 4.69) is 20.5 Å². The smallest absolute Gasteiger partial charge is 0.266 e. The Morgan fingerprint density at radius 1 is 1.29 bits per heavy atom. The van der Waals surface area contributed by atoms with E-state index in [9.17, 15) is 9.59 Å². The van der Waals surface area contributed by atoms with Crippen molar-refractivity contribution in [2.45, 2.75) is 45.1 Å². The summed E-state index contributed by atoms with van der Waals surface area (Å²) in [6, 6.07) is 3.03. The lowest BCUT2D eigenvalue weighted by molar-refractivity contribution is -0.121. The first-order chi connectivity index (χ1) is 11.7. The summed E-state index contributed by atoms with van der Waals surface area (Å²) in [5.41, 5.74) is -0.209. The van der Waals surface area contributed by atoms with E-state index in [1.54, 1.807) is 6.07 Å².